The number of nitrogens with one attached hydrogen (secondary N) is 1. The van der Waals surface area contributed by atoms with Gasteiger partial charge in [-0.2, -0.15) is 0 Å². The quantitative estimate of drug-likeness (QED) is 0.795. The van der Waals surface area contributed by atoms with E-state index in [9.17, 15) is 9.90 Å². The molecule has 1 aliphatic heterocycles. The Bertz CT molecular complexity index is 377. The van der Waals surface area contributed by atoms with Crippen molar-refractivity contribution in [2.24, 2.45) is 5.92 Å². The fourth-order valence-corrected chi connectivity index (χ4v) is 2.63. The van der Waals surface area contributed by atoms with Crippen LogP contribution in [0.3, 0.4) is 0 Å². The summed E-state index contributed by atoms with van der Waals surface area (Å²) in [6.45, 7) is 3.54. The number of hydrogen-bond donors (Lipinski definition) is 2. The molecule has 86 valence electrons. The van der Waals surface area contributed by atoms with Gasteiger partial charge in [-0.1, -0.05) is 37.3 Å². The third-order valence-corrected chi connectivity index (χ3v) is 3.66. The minimum Gasteiger partial charge on any atom is -0.481 e. The summed E-state index contributed by atoms with van der Waals surface area (Å²) in [7, 11) is 0. The normalized spacial score (nSPS) is 29.9. The topological polar surface area (TPSA) is 49.3 Å². The molecule has 3 heteroatoms. The van der Waals surface area contributed by atoms with E-state index in [0.29, 0.717) is 6.42 Å². The summed E-state index contributed by atoms with van der Waals surface area (Å²) in [6.07, 6.45) is 0.660. The zero-order valence-corrected chi connectivity index (χ0v) is 9.44. The lowest BCUT2D eigenvalue weighted by Crippen LogP contribution is -2.51. The highest BCUT2D eigenvalue weighted by atomic mass is 16.4. The largest absolute Gasteiger partial charge is 0.481 e. The predicted molar refractivity (Wildman–Crippen MR) is 62.4 cm³/mol. The lowest BCUT2D eigenvalue weighted by molar-refractivity contribution is -0.147. The lowest BCUT2D eigenvalue weighted by atomic mass is 9.67. The summed E-state index contributed by atoms with van der Waals surface area (Å²) in [4.78, 5) is 11.7. The molecule has 0 bridgehead atoms. The van der Waals surface area contributed by atoms with E-state index in [0.717, 1.165) is 18.7 Å². The van der Waals surface area contributed by atoms with E-state index in [-0.39, 0.29) is 5.92 Å². The molecule has 1 aromatic rings. The molecule has 0 aliphatic carbocycles. The van der Waals surface area contributed by atoms with Gasteiger partial charge in [-0.05, 0) is 31.0 Å². The molecule has 0 saturated carbocycles. The Morgan fingerprint density at radius 3 is 2.69 bits per heavy atom. The van der Waals surface area contributed by atoms with Gasteiger partial charge >= 0.3 is 5.97 Å². The van der Waals surface area contributed by atoms with Crippen LogP contribution in [0.25, 0.3) is 0 Å². The number of carboxylic acid groups (broad SMARTS) is 1. The first-order valence-electron chi connectivity index (χ1n) is 5.67. The summed E-state index contributed by atoms with van der Waals surface area (Å²) in [5, 5.41) is 12.8. The van der Waals surface area contributed by atoms with E-state index in [4.69, 9.17) is 0 Å². The molecule has 0 spiro atoms. The molecule has 1 saturated heterocycles. The Morgan fingerprint density at radius 2 is 2.12 bits per heavy atom. The van der Waals surface area contributed by atoms with E-state index >= 15 is 0 Å². The molecule has 1 heterocycles. The minimum atomic E-state index is -0.716. The van der Waals surface area contributed by atoms with Crippen molar-refractivity contribution in [3.05, 3.63) is 35.9 Å². The smallest absolute Gasteiger partial charge is 0.314 e. The van der Waals surface area contributed by atoms with Crippen molar-refractivity contribution in [2.45, 2.75) is 18.8 Å². The highest BCUT2D eigenvalue weighted by Gasteiger charge is 2.46. The van der Waals surface area contributed by atoms with Crippen LogP contribution in [0.2, 0.25) is 0 Å². The number of carbonyl (C=O) groups is 1. The van der Waals surface area contributed by atoms with Crippen LogP contribution in [0.4, 0.5) is 0 Å². The molecular formula is C13H17NO2. The first-order chi connectivity index (χ1) is 7.68. The van der Waals surface area contributed by atoms with Crippen LogP contribution in [-0.2, 0) is 10.2 Å². The Balaban J connectivity index is 2.46. The van der Waals surface area contributed by atoms with Gasteiger partial charge in [0.25, 0.3) is 0 Å². The van der Waals surface area contributed by atoms with Gasteiger partial charge in [0, 0.05) is 0 Å². The van der Waals surface area contributed by atoms with E-state index in [1.807, 2.05) is 37.3 Å². The van der Waals surface area contributed by atoms with Crippen molar-refractivity contribution in [3.63, 3.8) is 0 Å². The Morgan fingerprint density at radius 1 is 1.44 bits per heavy atom. The molecule has 2 rings (SSSR count). The SMILES string of the molecule is C[C@@H]1CNCC[C@]1(C(=O)O)c1ccccc1. The van der Waals surface area contributed by atoms with Crippen molar-refractivity contribution >= 4 is 5.97 Å². The van der Waals surface area contributed by atoms with Crippen molar-refractivity contribution < 1.29 is 9.90 Å². The average Bonchev–Trinajstić information content (AvgIpc) is 2.30. The minimum absolute atomic E-state index is 0.112. The molecule has 2 atom stereocenters. The number of hydrogen-bond acceptors (Lipinski definition) is 2. The maximum atomic E-state index is 11.7. The fraction of sp³-hybridized carbons (Fsp3) is 0.462. The van der Waals surface area contributed by atoms with E-state index in [2.05, 4.69) is 5.32 Å². The summed E-state index contributed by atoms with van der Waals surface area (Å²) in [5.41, 5.74) is 0.212. The summed E-state index contributed by atoms with van der Waals surface area (Å²) in [6, 6.07) is 9.60. The third-order valence-electron chi connectivity index (χ3n) is 3.66. The van der Waals surface area contributed by atoms with Gasteiger partial charge in [0.05, 0.1) is 5.41 Å². The molecule has 0 amide bonds. The van der Waals surface area contributed by atoms with Gasteiger partial charge in [0.2, 0.25) is 0 Å². The molecule has 1 aromatic carbocycles. The molecule has 16 heavy (non-hydrogen) atoms. The van der Waals surface area contributed by atoms with Gasteiger partial charge in [-0.3, -0.25) is 4.79 Å². The van der Waals surface area contributed by atoms with Crippen LogP contribution in [0, 0.1) is 5.92 Å². The van der Waals surface area contributed by atoms with Gasteiger partial charge < -0.3 is 10.4 Å². The molecule has 1 aliphatic rings. The molecule has 2 N–H and O–H groups in total. The van der Waals surface area contributed by atoms with Crippen LogP contribution >= 0.6 is 0 Å². The van der Waals surface area contributed by atoms with E-state index < -0.39 is 11.4 Å². The van der Waals surface area contributed by atoms with Crippen LogP contribution in [0.1, 0.15) is 18.9 Å². The first kappa shape index (κ1) is 11.1. The first-order valence-corrected chi connectivity index (χ1v) is 5.67. The maximum Gasteiger partial charge on any atom is 0.314 e. The number of benzene rings is 1. The fourth-order valence-electron chi connectivity index (χ4n) is 2.63. The van der Waals surface area contributed by atoms with Crippen LogP contribution in [0.5, 0.6) is 0 Å². The second-order valence-electron chi connectivity index (χ2n) is 4.50. The van der Waals surface area contributed by atoms with Crippen molar-refractivity contribution in [2.75, 3.05) is 13.1 Å². The van der Waals surface area contributed by atoms with Crippen molar-refractivity contribution in [1.29, 1.82) is 0 Å². The summed E-state index contributed by atoms with van der Waals surface area (Å²) < 4.78 is 0. The average molecular weight is 219 g/mol. The second-order valence-corrected chi connectivity index (χ2v) is 4.50. The van der Waals surface area contributed by atoms with Gasteiger partial charge in [-0.25, -0.2) is 0 Å². The van der Waals surface area contributed by atoms with Crippen LogP contribution < -0.4 is 5.32 Å². The molecule has 0 aromatic heterocycles. The summed E-state index contributed by atoms with van der Waals surface area (Å²) >= 11 is 0. The van der Waals surface area contributed by atoms with Gasteiger partial charge in [0.15, 0.2) is 0 Å². The number of piperidine rings is 1. The van der Waals surface area contributed by atoms with E-state index in [1.165, 1.54) is 0 Å². The zero-order chi connectivity index (χ0) is 11.6. The third kappa shape index (κ3) is 1.61. The van der Waals surface area contributed by atoms with Crippen LogP contribution in [-0.4, -0.2) is 24.2 Å². The standard InChI is InChI=1S/C13H17NO2/c1-10-9-14-8-7-13(10,12(15)16)11-5-3-2-4-6-11/h2-6,10,14H,7-9H2,1H3,(H,15,16)/t10-,13-/m1/s1. The second kappa shape index (κ2) is 4.26. The molecule has 0 unspecified atom stereocenters. The van der Waals surface area contributed by atoms with Crippen molar-refractivity contribution in [3.8, 4) is 0 Å². The van der Waals surface area contributed by atoms with Crippen molar-refractivity contribution in [1.82, 2.24) is 5.32 Å². The maximum absolute atomic E-state index is 11.7. The van der Waals surface area contributed by atoms with Gasteiger partial charge in [-0.15, -0.1) is 0 Å². The molecular weight excluding hydrogens is 202 g/mol. The zero-order valence-electron chi connectivity index (χ0n) is 9.44. The molecule has 1 fully saturated rings. The Labute approximate surface area is 95.5 Å². The lowest BCUT2D eigenvalue weighted by Gasteiger charge is -2.39. The highest BCUT2D eigenvalue weighted by Crippen LogP contribution is 2.37. The highest BCUT2D eigenvalue weighted by molar-refractivity contribution is 5.82. The Kier molecular flexibility index (Phi) is 2.97. The van der Waals surface area contributed by atoms with Crippen LogP contribution in [0.15, 0.2) is 30.3 Å². The predicted octanol–water partition coefficient (Wildman–Crippen LogP) is 1.64. The molecule has 3 nitrogen and oxygen atoms in total. The number of carboxylic acids is 1. The number of rotatable bonds is 2. The summed E-state index contributed by atoms with van der Waals surface area (Å²) in [5.74, 6) is -0.589. The monoisotopic (exact) mass is 219 g/mol. The Hall–Kier alpha value is -1.35. The molecule has 0 radical (unpaired) electrons. The van der Waals surface area contributed by atoms with E-state index in [1.54, 1.807) is 0 Å². The number of aliphatic carboxylic acids is 1. The van der Waals surface area contributed by atoms with Gasteiger partial charge in [0.1, 0.15) is 0 Å².